The zero-order valence-corrected chi connectivity index (χ0v) is 53.5. The largest absolute Gasteiger partial charge is 0.394 e. The maximum atomic E-state index is 14.6. The Hall–Kier alpha value is -8.47. The summed E-state index contributed by atoms with van der Waals surface area (Å²) in [5, 5.41) is 93.9. The summed E-state index contributed by atoms with van der Waals surface area (Å²) in [6.07, 6.45) is 0.711. The van der Waals surface area contributed by atoms with E-state index in [4.69, 9.17) is 54.8 Å². The van der Waals surface area contributed by atoms with E-state index in [1.54, 1.807) is 25.3 Å². The third-order valence-electron chi connectivity index (χ3n) is 14.9. The maximum absolute atomic E-state index is 14.6. The number of azide groups is 1. The molecule has 2 aliphatic heterocycles. The van der Waals surface area contributed by atoms with Crippen molar-refractivity contribution in [3.05, 3.63) is 175 Å². The van der Waals surface area contributed by atoms with Crippen molar-refractivity contribution in [1.29, 1.82) is 10.5 Å². The zero-order valence-electron chi connectivity index (χ0n) is 51.1. The number of nitrogens with one attached hydrogen (secondary N) is 2. The second-order valence-corrected chi connectivity index (χ2v) is 22.7. The van der Waals surface area contributed by atoms with E-state index >= 15 is 0 Å². The number of aliphatic hydroxyl groups excluding tert-OH is 6. The number of aryl methyl sites for hydroxylation is 2. The first-order valence-corrected chi connectivity index (χ1v) is 29.4. The van der Waals surface area contributed by atoms with Gasteiger partial charge in [0, 0.05) is 89.0 Å². The van der Waals surface area contributed by atoms with Gasteiger partial charge in [0.25, 0.3) is 0 Å². The van der Waals surface area contributed by atoms with Gasteiger partial charge in [-0.25, -0.2) is 22.2 Å². The van der Waals surface area contributed by atoms with Gasteiger partial charge < -0.3 is 50.7 Å². The van der Waals surface area contributed by atoms with E-state index in [1.807, 2.05) is 55.0 Å². The molecule has 10 unspecified atom stereocenters. The van der Waals surface area contributed by atoms with Crippen LogP contribution < -0.4 is 10.6 Å². The summed E-state index contributed by atoms with van der Waals surface area (Å²) in [7, 11) is 3.67. The molecule has 2 saturated heterocycles. The molecular weight excluding hydrogens is 1340 g/mol. The van der Waals surface area contributed by atoms with Crippen LogP contribution >= 0.6 is 23.2 Å². The van der Waals surface area contributed by atoms with Gasteiger partial charge in [0.15, 0.2) is 36.4 Å². The SMILES string of the molecule is C#CCN(C)C/C=C/C(=O)Cc1cc2c(Nc3ccc(F)c(Cl)c3)c(C#N)cnc2cc1C.Cc1cc2ncc(C#N)c(Nc3ccc(F)c(Cl)c3)c2cc1CC(=O)/C=C/CN(C)Cc1cn(C2OC(CO)C(O)C(O)C2F)nn1.[Cu].[N-]=[N+]=NC1OC(CO)C(O)C(O)C1F. The second kappa shape index (κ2) is 35.3. The minimum absolute atomic E-state index is 0. The number of halogens is 6. The number of rotatable bonds is 21. The van der Waals surface area contributed by atoms with Gasteiger partial charge in [-0.1, -0.05) is 51.6 Å². The molecule has 0 saturated carbocycles. The van der Waals surface area contributed by atoms with Crippen LogP contribution in [0.3, 0.4) is 0 Å². The van der Waals surface area contributed by atoms with Crippen molar-refractivity contribution in [3.8, 4) is 24.5 Å². The number of aromatic nitrogens is 5. The number of likely N-dealkylation sites (N-methyl/N-ethyl adjacent to an activating group) is 2. The number of carbonyl (C=O) groups excluding carboxylic acids is 2. The molecule has 2 fully saturated rings. The first-order chi connectivity index (χ1) is 44.9. The number of alkyl halides is 2. The van der Waals surface area contributed by atoms with Crippen LogP contribution in [0.4, 0.5) is 40.3 Å². The van der Waals surface area contributed by atoms with E-state index in [-0.39, 0.29) is 57.1 Å². The number of carbonyl (C=O) groups is 2. The van der Waals surface area contributed by atoms with Gasteiger partial charge in [-0.2, -0.15) is 10.5 Å². The molecule has 10 atom stereocenters. The minimum Gasteiger partial charge on any atom is -0.394 e. The van der Waals surface area contributed by atoms with Crippen LogP contribution in [-0.2, 0) is 55.5 Å². The van der Waals surface area contributed by atoms with E-state index in [2.05, 4.69) is 59.0 Å². The molecule has 0 amide bonds. The number of hydrogen-bond donors (Lipinski definition) is 8. The molecule has 503 valence electrons. The topological polar surface area (TPSA) is 357 Å². The van der Waals surface area contributed by atoms with Crippen LogP contribution in [0.5, 0.6) is 0 Å². The van der Waals surface area contributed by atoms with E-state index in [0.29, 0.717) is 82.0 Å². The van der Waals surface area contributed by atoms with Crippen LogP contribution in [0, 0.1) is 60.5 Å². The fraction of sp³-hybridized carbons (Fsp3) is 0.344. The Kier molecular flexibility index (Phi) is 28.1. The summed E-state index contributed by atoms with van der Waals surface area (Å²) in [6.45, 7) is 4.34. The Labute approximate surface area is 562 Å². The van der Waals surface area contributed by atoms with Gasteiger partial charge in [-0.15, -0.1) is 11.5 Å². The average molecular weight is 1400 g/mol. The fourth-order valence-electron chi connectivity index (χ4n) is 9.80. The molecule has 24 nitrogen and oxygen atoms in total. The van der Waals surface area contributed by atoms with Crippen LogP contribution in [0.1, 0.15) is 45.3 Å². The number of nitriles is 2. The molecule has 7 aromatic rings. The predicted molar refractivity (Wildman–Crippen MR) is 340 cm³/mol. The number of fused-ring (bicyclic) bond motifs is 2. The molecule has 0 bridgehead atoms. The number of pyridine rings is 2. The number of hydrogen-bond acceptors (Lipinski definition) is 21. The number of ether oxygens (including phenoxy) is 2. The van der Waals surface area contributed by atoms with Gasteiger partial charge in [0.1, 0.15) is 60.4 Å². The number of allylic oxidation sites excluding steroid dienone is 2. The van der Waals surface area contributed by atoms with Crippen molar-refractivity contribution in [1.82, 2.24) is 34.8 Å². The Balaban J connectivity index is 0.000000257. The van der Waals surface area contributed by atoms with Crippen molar-refractivity contribution >= 4 is 79.3 Å². The molecule has 0 aliphatic carbocycles. The third kappa shape index (κ3) is 19.6. The Morgan fingerprint density at radius 2 is 1.23 bits per heavy atom. The Bertz CT molecular complexity index is 4130. The molecule has 31 heteroatoms. The smallest absolute Gasteiger partial charge is 0.186 e. The number of ketones is 2. The number of anilines is 4. The molecule has 1 radical (unpaired) electrons. The van der Waals surface area contributed by atoms with E-state index in [0.717, 1.165) is 26.9 Å². The summed E-state index contributed by atoms with van der Waals surface area (Å²) in [4.78, 5) is 40.3. The van der Waals surface area contributed by atoms with Gasteiger partial charge in [-0.05, 0) is 129 Å². The first kappa shape index (κ1) is 75.6. The van der Waals surface area contributed by atoms with Crippen LogP contribution in [0.25, 0.3) is 32.2 Å². The summed E-state index contributed by atoms with van der Waals surface area (Å²) < 4.78 is 66.2. The van der Waals surface area contributed by atoms with Gasteiger partial charge in [0.2, 0.25) is 0 Å². The van der Waals surface area contributed by atoms with Gasteiger partial charge in [-0.3, -0.25) is 29.4 Å². The maximum Gasteiger partial charge on any atom is 0.186 e. The summed E-state index contributed by atoms with van der Waals surface area (Å²) in [6, 6.07) is 20.0. The monoisotopic (exact) mass is 1400 g/mol. The molecular formula is C64H64Cl2CuF4N14O10. The van der Waals surface area contributed by atoms with Gasteiger partial charge >= 0.3 is 0 Å². The van der Waals surface area contributed by atoms with Crippen molar-refractivity contribution in [2.75, 3.05) is 57.6 Å². The summed E-state index contributed by atoms with van der Waals surface area (Å²) >= 11 is 11.8. The molecule has 0 spiro atoms. The standard InChI is InChI=1S/C32H32ClF2N7O5.C26H22ClFN4O.C6H10FN3O4.Cu/c1-17-8-26-23(29(19(12-36)13-37-26)38-20-5-6-25(34)24(33)11-20)10-18(17)9-22(44)4-3-7-41(2)14-21-15-42(40-39-21)32-28(35)31(46)30(45)27(16-43)47-32;1-4-9-32(3)10-5-6-21(33)12-18-13-22-25(11-17(18)2)30-16-19(15-29)26(22)31-20-7-8-24(28)23(27)14-20;7-3-5(13)4(12)2(1-11)14-6(3)9-10-8;/h3-6,8,10-11,13,15,27-28,30-32,43,45-46H,7,9,14,16H2,1-2H3,(H,37,38);1,5-8,11,13-14,16H,9-10,12H2,2-3H3,(H,30,31);2-6,11-13H,1H2;/b4-3+;6-5+;;. The van der Waals surface area contributed by atoms with E-state index < -0.39 is 86.3 Å². The molecule has 5 heterocycles. The van der Waals surface area contributed by atoms with Gasteiger partial charge in [0.05, 0.1) is 75.2 Å². The molecule has 4 aromatic carbocycles. The molecule has 95 heavy (non-hydrogen) atoms. The Morgan fingerprint density at radius 1 is 0.758 bits per heavy atom. The van der Waals surface area contributed by atoms with Crippen molar-refractivity contribution in [2.24, 2.45) is 5.11 Å². The zero-order chi connectivity index (χ0) is 68.5. The first-order valence-electron chi connectivity index (χ1n) is 28.7. The number of terminal acetylenes is 1. The van der Waals surface area contributed by atoms with Crippen molar-refractivity contribution in [2.45, 2.75) is 94.7 Å². The van der Waals surface area contributed by atoms with Crippen LogP contribution in [0.2, 0.25) is 10.0 Å². The quantitative estimate of drug-likeness (QED) is 0.00654. The summed E-state index contributed by atoms with van der Waals surface area (Å²) in [5.74, 6) is 1.26. The molecule has 2 aliphatic rings. The molecule has 9 rings (SSSR count). The third-order valence-corrected chi connectivity index (χ3v) is 15.4. The molecule has 8 N–H and O–H groups in total. The number of benzene rings is 4. The van der Waals surface area contributed by atoms with Crippen molar-refractivity contribution in [3.63, 3.8) is 0 Å². The number of nitrogens with zero attached hydrogens (tertiary/aromatic N) is 12. The minimum atomic E-state index is -2.00. The van der Waals surface area contributed by atoms with Crippen LogP contribution in [0.15, 0.2) is 109 Å². The fourth-order valence-corrected chi connectivity index (χ4v) is 10.2. The number of aliphatic hydroxyl groups is 6. The Morgan fingerprint density at radius 3 is 1.68 bits per heavy atom. The predicted octanol–water partition coefficient (Wildman–Crippen LogP) is 7.55. The van der Waals surface area contributed by atoms with Crippen LogP contribution in [-0.4, -0.2) is 179 Å². The summed E-state index contributed by atoms with van der Waals surface area (Å²) in [5.41, 5.74) is 15.7. The second-order valence-electron chi connectivity index (χ2n) is 21.8. The van der Waals surface area contributed by atoms with E-state index in [1.165, 1.54) is 61.1 Å². The molecule has 3 aromatic heterocycles. The van der Waals surface area contributed by atoms with E-state index in [9.17, 15) is 58.1 Å². The average Bonchev–Trinajstić information content (AvgIpc) is 1.47. The van der Waals surface area contributed by atoms with Crippen molar-refractivity contribution < 1.29 is 84.3 Å². The normalized spacial score (nSPS) is 20.7.